The van der Waals surface area contributed by atoms with Gasteiger partial charge >= 0.3 is 0 Å². The maximum absolute atomic E-state index is 12.9. The van der Waals surface area contributed by atoms with Gasteiger partial charge in [0.05, 0.1) is 24.2 Å². The summed E-state index contributed by atoms with van der Waals surface area (Å²) in [5, 5.41) is 2.41. The van der Waals surface area contributed by atoms with Crippen molar-refractivity contribution in [3.8, 4) is 0 Å². The van der Waals surface area contributed by atoms with Crippen LogP contribution < -0.4 is 0 Å². The second-order valence-electron chi connectivity index (χ2n) is 8.59. The molecule has 1 saturated carbocycles. The summed E-state index contributed by atoms with van der Waals surface area (Å²) in [6.07, 6.45) is 1.83. The number of Topliss-reactive ketones (excluding diaryl/α,β-unsaturated/α-hetero) is 2. The van der Waals surface area contributed by atoms with Crippen LogP contribution in [0.25, 0.3) is 10.8 Å². The third kappa shape index (κ3) is 2.57. The lowest BCUT2D eigenvalue weighted by Gasteiger charge is -2.38. The number of morpholine rings is 1. The summed E-state index contributed by atoms with van der Waals surface area (Å²) in [7, 11) is 2.02. The van der Waals surface area contributed by atoms with Crippen LogP contribution in [-0.4, -0.2) is 66.1 Å². The zero-order valence-electron chi connectivity index (χ0n) is 17.1. The van der Waals surface area contributed by atoms with Crippen molar-refractivity contribution in [2.75, 3.05) is 33.4 Å². The molecule has 29 heavy (non-hydrogen) atoms. The monoisotopic (exact) mass is 389 g/mol. The molecule has 0 spiro atoms. The quantitative estimate of drug-likeness (QED) is 0.343. The second kappa shape index (κ2) is 6.44. The third-order valence-corrected chi connectivity index (χ3v) is 6.61. The standard InChI is InChI=1S/C24H25N2O3/c1-24(2)19(14-17-22(27)21(23(17)28)26-10-12-29-13-11-26)25(3)18-9-8-15-6-4-5-7-16(15)20(18)24/h4-9,14,21H,10-13H2,1-3H3/q+1. The van der Waals surface area contributed by atoms with Gasteiger partial charge in [-0.05, 0) is 30.7 Å². The molecular formula is C24H25N2O3+. The molecule has 0 radical (unpaired) electrons. The van der Waals surface area contributed by atoms with Gasteiger partial charge in [-0.2, -0.15) is 4.58 Å². The van der Waals surface area contributed by atoms with E-state index in [-0.39, 0.29) is 17.0 Å². The zero-order chi connectivity index (χ0) is 20.3. The van der Waals surface area contributed by atoms with Crippen molar-refractivity contribution in [2.24, 2.45) is 0 Å². The molecule has 1 aliphatic carbocycles. The first-order valence-corrected chi connectivity index (χ1v) is 10.2. The molecule has 2 aliphatic heterocycles. The highest BCUT2D eigenvalue weighted by Gasteiger charge is 2.51. The Morgan fingerprint density at radius 2 is 1.76 bits per heavy atom. The number of carbonyl (C=O) groups excluding carboxylic acids is 2. The van der Waals surface area contributed by atoms with E-state index in [2.05, 4.69) is 48.8 Å². The molecule has 0 atom stereocenters. The van der Waals surface area contributed by atoms with Gasteiger partial charge in [0, 0.05) is 30.8 Å². The minimum absolute atomic E-state index is 0.0607. The van der Waals surface area contributed by atoms with Crippen LogP contribution in [0.1, 0.15) is 19.4 Å². The van der Waals surface area contributed by atoms with Crippen LogP contribution in [0.4, 0.5) is 5.69 Å². The minimum atomic E-state index is -0.622. The van der Waals surface area contributed by atoms with Gasteiger partial charge in [-0.25, -0.2) is 0 Å². The zero-order valence-corrected chi connectivity index (χ0v) is 17.1. The number of hydrogen-bond donors (Lipinski definition) is 0. The molecular weight excluding hydrogens is 364 g/mol. The van der Waals surface area contributed by atoms with Gasteiger partial charge in [-0.3, -0.25) is 14.5 Å². The van der Waals surface area contributed by atoms with Crippen molar-refractivity contribution in [1.82, 2.24) is 4.90 Å². The van der Waals surface area contributed by atoms with Crippen molar-refractivity contribution in [3.63, 3.8) is 0 Å². The van der Waals surface area contributed by atoms with Crippen molar-refractivity contribution in [2.45, 2.75) is 25.3 Å². The first-order chi connectivity index (χ1) is 13.9. The predicted octanol–water partition coefficient (Wildman–Crippen LogP) is 2.62. The number of carbonyl (C=O) groups is 2. The van der Waals surface area contributed by atoms with Gasteiger partial charge in [0.15, 0.2) is 17.3 Å². The van der Waals surface area contributed by atoms with Crippen LogP contribution in [0.15, 0.2) is 48.0 Å². The van der Waals surface area contributed by atoms with E-state index in [1.807, 2.05) is 24.1 Å². The number of hydrogen-bond acceptors (Lipinski definition) is 4. The smallest absolute Gasteiger partial charge is 0.210 e. The van der Waals surface area contributed by atoms with E-state index < -0.39 is 6.04 Å². The number of nitrogens with zero attached hydrogens (tertiary/aromatic N) is 2. The van der Waals surface area contributed by atoms with Crippen LogP contribution in [-0.2, 0) is 19.7 Å². The molecule has 3 aliphatic rings. The van der Waals surface area contributed by atoms with Gasteiger partial charge in [-0.15, -0.1) is 0 Å². The summed E-state index contributed by atoms with van der Waals surface area (Å²) in [5.41, 5.74) is 3.38. The molecule has 148 valence electrons. The number of fused-ring (bicyclic) bond motifs is 3. The van der Waals surface area contributed by atoms with E-state index >= 15 is 0 Å². The molecule has 2 aromatic carbocycles. The van der Waals surface area contributed by atoms with Crippen LogP contribution in [0.5, 0.6) is 0 Å². The van der Waals surface area contributed by atoms with Crippen LogP contribution in [0.3, 0.4) is 0 Å². The van der Waals surface area contributed by atoms with Crippen molar-refractivity contribution >= 4 is 33.7 Å². The van der Waals surface area contributed by atoms with Gasteiger partial charge in [0.2, 0.25) is 5.69 Å². The average molecular weight is 389 g/mol. The van der Waals surface area contributed by atoms with E-state index in [4.69, 9.17) is 4.74 Å². The van der Waals surface area contributed by atoms with Crippen molar-refractivity contribution in [1.29, 1.82) is 0 Å². The number of benzene rings is 2. The second-order valence-corrected chi connectivity index (χ2v) is 8.59. The fraction of sp³-hybridized carbons (Fsp3) is 0.375. The summed E-state index contributed by atoms with van der Waals surface area (Å²) in [5.74, 6) is -0.121. The Morgan fingerprint density at radius 3 is 2.48 bits per heavy atom. The lowest BCUT2D eigenvalue weighted by Crippen LogP contribution is -2.60. The largest absolute Gasteiger partial charge is 0.379 e. The minimum Gasteiger partial charge on any atom is -0.379 e. The molecule has 2 fully saturated rings. The summed E-state index contributed by atoms with van der Waals surface area (Å²) in [6.45, 7) is 6.75. The third-order valence-electron chi connectivity index (χ3n) is 6.61. The Hall–Kier alpha value is -2.63. The first-order valence-electron chi connectivity index (χ1n) is 10.2. The fourth-order valence-electron chi connectivity index (χ4n) is 5.05. The van der Waals surface area contributed by atoms with E-state index in [0.29, 0.717) is 31.9 Å². The highest BCUT2D eigenvalue weighted by Crippen LogP contribution is 2.44. The first kappa shape index (κ1) is 18.4. The summed E-state index contributed by atoms with van der Waals surface area (Å²) < 4.78 is 7.47. The van der Waals surface area contributed by atoms with E-state index in [1.54, 1.807) is 0 Å². The van der Waals surface area contributed by atoms with Gasteiger partial charge in [0.25, 0.3) is 0 Å². The molecule has 0 bridgehead atoms. The lowest BCUT2D eigenvalue weighted by molar-refractivity contribution is -0.401. The number of allylic oxidation sites excluding steroid dienone is 1. The Balaban J connectivity index is 1.53. The van der Waals surface area contributed by atoms with E-state index in [9.17, 15) is 9.59 Å². The number of rotatable bonds is 2. The maximum Gasteiger partial charge on any atom is 0.210 e. The van der Waals surface area contributed by atoms with Crippen LogP contribution in [0, 0.1) is 0 Å². The average Bonchev–Trinajstić information content (AvgIpc) is 2.92. The van der Waals surface area contributed by atoms with Gasteiger partial charge in [-0.1, -0.05) is 24.3 Å². The van der Waals surface area contributed by atoms with Crippen LogP contribution in [0.2, 0.25) is 0 Å². The number of ketones is 2. The predicted molar refractivity (Wildman–Crippen MR) is 112 cm³/mol. The molecule has 0 amide bonds. The SMILES string of the molecule is C[N+]1=C(C=C2C(=O)C(N3CCOCC3)C2=O)C(C)(C)c2c1ccc1ccccc21. The topological polar surface area (TPSA) is 49.6 Å². The Morgan fingerprint density at radius 1 is 1.07 bits per heavy atom. The molecule has 0 unspecified atom stereocenters. The number of ether oxygens (including phenoxy) is 1. The van der Waals surface area contributed by atoms with Gasteiger partial charge < -0.3 is 4.74 Å². The molecule has 0 aromatic heterocycles. The highest BCUT2D eigenvalue weighted by molar-refractivity contribution is 6.43. The normalized spacial score (nSPS) is 24.1. The molecule has 5 nitrogen and oxygen atoms in total. The van der Waals surface area contributed by atoms with E-state index in [0.717, 1.165) is 11.4 Å². The van der Waals surface area contributed by atoms with Gasteiger partial charge in [0.1, 0.15) is 13.1 Å². The molecule has 2 heterocycles. The Bertz CT molecular complexity index is 1100. The summed E-state index contributed by atoms with van der Waals surface area (Å²) in [4.78, 5) is 27.7. The Kier molecular flexibility index (Phi) is 4.09. The maximum atomic E-state index is 12.9. The Labute approximate surface area is 170 Å². The summed E-state index contributed by atoms with van der Waals surface area (Å²) >= 11 is 0. The van der Waals surface area contributed by atoms with E-state index in [1.165, 1.54) is 16.3 Å². The molecule has 5 rings (SSSR count). The molecule has 1 saturated heterocycles. The fourth-order valence-corrected chi connectivity index (χ4v) is 5.05. The molecule has 5 heteroatoms. The molecule has 2 aromatic rings. The van der Waals surface area contributed by atoms with Crippen molar-refractivity contribution < 1.29 is 18.9 Å². The highest BCUT2D eigenvalue weighted by atomic mass is 16.5. The summed E-state index contributed by atoms with van der Waals surface area (Å²) in [6, 6.07) is 12.0. The van der Waals surface area contributed by atoms with Crippen LogP contribution >= 0.6 is 0 Å². The molecule has 0 N–H and O–H groups in total. The van der Waals surface area contributed by atoms with Crippen molar-refractivity contribution in [3.05, 3.63) is 53.6 Å². The lowest BCUT2D eigenvalue weighted by atomic mass is 9.75.